The monoisotopic (exact) mass is 329 g/mol. The number of hydrogen-bond acceptors (Lipinski definition) is 3. The molecule has 0 aromatic carbocycles. The van der Waals surface area contributed by atoms with Gasteiger partial charge in [-0.1, -0.05) is 6.42 Å². The van der Waals surface area contributed by atoms with E-state index >= 15 is 0 Å². The van der Waals surface area contributed by atoms with Crippen LogP contribution in [0.4, 0.5) is 0 Å². The second-order valence-electron chi connectivity index (χ2n) is 3.05. The minimum absolute atomic E-state index is 0. The molecule has 14 heavy (non-hydrogen) atoms. The Hall–Kier alpha value is 0.382. The van der Waals surface area contributed by atoms with Gasteiger partial charge in [-0.05, 0) is 0 Å². The Kier molecular flexibility index (Phi) is 8.15. The van der Waals surface area contributed by atoms with Crippen molar-refractivity contribution >= 4 is 11.9 Å². The van der Waals surface area contributed by atoms with Gasteiger partial charge in [-0.25, -0.2) is 0 Å². The minimum atomic E-state index is -0.323. The first-order valence-corrected chi connectivity index (χ1v) is 3.86. The molecule has 1 heterocycles. The normalized spacial score (nSPS) is 28.9. The number of carbonyl (C=O) groups excluding carboxylic acids is 2. The fraction of sp³-hybridized carbons (Fsp3) is 0.625. The second-order valence-corrected chi connectivity index (χ2v) is 3.05. The largest absolute Gasteiger partial charge is 2.00 e. The molecule has 2 unspecified atom stereocenters. The number of cyclic esters (lactones) is 2. The Labute approximate surface area is 109 Å². The van der Waals surface area contributed by atoms with Gasteiger partial charge in [0.05, 0.1) is 5.92 Å². The van der Waals surface area contributed by atoms with Crippen molar-refractivity contribution in [2.24, 2.45) is 11.8 Å². The van der Waals surface area contributed by atoms with E-state index in [1.807, 2.05) is 0 Å². The van der Waals surface area contributed by atoms with Crippen LogP contribution >= 0.6 is 0 Å². The number of ether oxygens (including phenoxy) is 1. The van der Waals surface area contributed by atoms with Gasteiger partial charge in [0.2, 0.25) is 0 Å². The summed E-state index contributed by atoms with van der Waals surface area (Å²) in [5, 5.41) is 0. The summed E-state index contributed by atoms with van der Waals surface area (Å²) >= 11 is 0. The zero-order chi connectivity index (χ0) is 7.84. The van der Waals surface area contributed by atoms with Gasteiger partial charge < -0.3 is 36.0 Å². The summed E-state index contributed by atoms with van der Waals surface area (Å²) in [7, 11) is 0. The number of esters is 2. The molecule has 1 saturated carbocycles. The molecule has 2 fully saturated rings. The van der Waals surface area contributed by atoms with E-state index in [1.165, 1.54) is 0 Å². The molecule has 0 N–H and O–H groups in total. The fourth-order valence-electron chi connectivity index (χ4n) is 1.75. The summed E-state index contributed by atoms with van der Waals surface area (Å²) in [6.45, 7) is 0. The van der Waals surface area contributed by atoms with E-state index in [4.69, 9.17) is 0 Å². The van der Waals surface area contributed by atoms with Crippen LogP contribution in [0.2, 0.25) is 0 Å². The second kappa shape index (κ2) is 6.79. The number of carbonyl (C=O) groups is 2. The average Bonchev–Trinajstić information content (AvgIpc) is 2.30. The summed E-state index contributed by atoms with van der Waals surface area (Å²) in [6, 6.07) is 0. The third-order valence-corrected chi connectivity index (χ3v) is 2.39. The number of halogens is 2. The standard InChI is InChI=1S/C8H9O3.2ClH.Pd/c9-7-5-3-1-2-4-6(5)8(10)11-7;;;/h1,5-6H,2-4H2;2*1H;/q-1;;;+2/p-2. The summed E-state index contributed by atoms with van der Waals surface area (Å²) in [6.07, 6.45) is 4.50. The number of hydrogen-bond donors (Lipinski definition) is 0. The molecule has 84 valence electrons. The Morgan fingerprint density at radius 3 is 2.29 bits per heavy atom. The van der Waals surface area contributed by atoms with Crippen molar-refractivity contribution in [2.75, 3.05) is 0 Å². The van der Waals surface area contributed by atoms with Crippen LogP contribution in [0.1, 0.15) is 19.3 Å². The van der Waals surface area contributed by atoms with Crippen LogP contribution in [0.25, 0.3) is 0 Å². The molecular formula is C8H9Cl2O3Pd-. The van der Waals surface area contributed by atoms with Crippen LogP contribution < -0.4 is 24.8 Å². The molecule has 1 aliphatic heterocycles. The third kappa shape index (κ3) is 2.93. The van der Waals surface area contributed by atoms with Gasteiger partial charge in [-0.3, -0.25) is 9.59 Å². The maximum absolute atomic E-state index is 11.0. The zero-order valence-corrected chi connectivity index (χ0v) is 10.2. The molecule has 2 atom stereocenters. The Bertz CT molecular complexity index is 201. The van der Waals surface area contributed by atoms with Gasteiger partial charge in [-0.15, -0.1) is 0 Å². The predicted octanol–water partition coefficient (Wildman–Crippen LogP) is -5.30. The quantitative estimate of drug-likeness (QED) is 0.193. The fourth-order valence-corrected chi connectivity index (χ4v) is 1.75. The van der Waals surface area contributed by atoms with Crippen LogP contribution in [0, 0.1) is 18.3 Å². The molecule has 6 heteroatoms. The topological polar surface area (TPSA) is 43.4 Å². The molecule has 0 aromatic heterocycles. The van der Waals surface area contributed by atoms with Gasteiger partial charge in [0.1, 0.15) is 0 Å². The van der Waals surface area contributed by atoms with E-state index in [0.717, 1.165) is 19.3 Å². The molecule has 1 saturated heterocycles. The van der Waals surface area contributed by atoms with Crippen LogP contribution in [0.3, 0.4) is 0 Å². The number of fused-ring (bicyclic) bond motifs is 1. The summed E-state index contributed by atoms with van der Waals surface area (Å²) < 4.78 is 4.51. The molecule has 2 aliphatic rings. The van der Waals surface area contributed by atoms with Crippen molar-refractivity contribution in [1.29, 1.82) is 0 Å². The minimum Gasteiger partial charge on any atom is -1.00 e. The Morgan fingerprint density at radius 2 is 1.71 bits per heavy atom. The maximum Gasteiger partial charge on any atom is 2.00 e. The average molecular weight is 330 g/mol. The van der Waals surface area contributed by atoms with Crippen molar-refractivity contribution in [3.8, 4) is 0 Å². The van der Waals surface area contributed by atoms with E-state index in [1.54, 1.807) is 0 Å². The molecule has 1 aliphatic carbocycles. The molecule has 0 radical (unpaired) electrons. The van der Waals surface area contributed by atoms with Gasteiger partial charge >= 0.3 is 32.4 Å². The van der Waals surface area contributed by atoms with Crippen LogP contribution in [-0.2, 0) is 34.7 Å². The first kappa shape index (κ1) is 16.8. The van der Waals surface area contributed by atoms with E-state index in [-0.39, 0.29) is 69.0 Å². The van der Waals surface area contributed by atoms with Crippen LogP contribution in [0.15, 0.2) is 0 Å². The smallest absolute Gasteiger partial charge is 1.00 e. The Balaban J connectivity index is 0. The molecule has 2 rings (SSSR count). The summed E-state index contributed by atoms with van der Waals surface area (Å²) in [5.74, 6) is -0.923. The van der Waals surface area contributed by atoms with Crippen molar-refractivity contribution in [3.63, 3.8) is 0 Å². The van der Waals surface area contributed by atoms with Gasteiger partial charge in [0, 0.05) is 5.92 Å². The SMILES string of the molecule is O=C1OC(=O)C2CC[CH-]CC12.[Cl-].[Cl-].[Pd+2]. The summed E-state index contributed by atoms with van der Waals surface area (Å²) in [4.78, 5) is 21.9. The predicted molar refractivity (Wildman–Crippen MR) is 36.2 cm³/mol. The maximum atomic E-state index is 11.0. The van der Waals surface area contributed by atoms with Crippen LogP contribution in [0.5, 0.6) is 0 Å². The van der Waals surface area contributed by atoms with E-state index in [0.29, 0.717) is 0 Å². The van der Waals surface area contributed by atoms with E-state index in [9.17, 15) is 9.59 Å². The van der Waals surface area contributed by atoms with Crippen molar-refractivity contribution in [2.45, 2.75) is 19.3 Å². The van der Waals surface area contributed by atoms with Crippen molar-refractivity contribution < 1.29 is 59.6 Å². The van der Waals surface area contributed by atoms with Crippen molar-refractivity contribution in [1.82, 2.24) is 0 Å². The zero-order valence-electron chi connectivity index (χ0n) is 7.15. The van der Waals surface area contributed by atoms with E-state index < -0.39 is 0 Å². The number of rotatable bonds is 0. The summed E-state index contributed by atoms with van der Waals surface area (Å²) in [5.41, 5.74) is 0. The van der Waals surface area contributed by atoms with Crippen LogP contribution in [-0.4, -0.2) is 11.9 Å². The molecular weight excluding hydrogens is 321 g/mol. The molecule has 0 bridgehead atoms. The van der Waals surface area contributed by atoms with E-state index in [2.05, 4.69) is 11.2 Å². The van der Waals surface area contributed by atoms with Gasteiger partial charge in [-0.2, -0.15) is 12.8 Å². The molecule has 3 nitrogen and oxygen atoms in total. The first-order chi connectivity index (χ1) is 5.29. The van der Waals surface area contributed by atoms with Crippen molar-refractivity contribution in [3.05, 3.63) is 6.42 Å². The third-order valence-electron chi connectivity index (χ3n) is 2.39. The molecule has 0 spiro atoms. The first-order valence-electron chi connectivity index (χ1n) is 3.86. The van der Waals surface area contributed by atoms with Gasteiger partial charge in [0.15, 0.2) is 0 Å². The Morgan fingerprint density at radius 1 is 1.14 bits per heavy atom. The van der Waals surface area contributed by atoms with Gasteiger partial charge in [0.25, 0.3) is 0 Å². The molecule has 0 aromatic rings. The molecule has 0 amide bonds.